The largest absolute Gasteiger partial charge is 0.379 e. The number of hydrogen-bond acceptors (Lipinski definition) is 9. The van der Waals surface area contributed by atoms with Crippen LogP contribution in [0.3, 0.4) is 0 Å². The predicted molar refractivity (Wildman–Crippen MR) is 145 cm³/mol. The molecule has 0 saturated carbocycles. The van der Waals surface area contributed by atoms with Crippen LogP contribution in [0.1, 0.15) is 25.1 Å². The summed E-state index contributed by atoms with van der Waals surface area (Å²) in [4.78, 5) is 32.5. The van der Waals surface area contributed by atoms with Crippen molar-refractivity contribution in [1.29, 1.82) is 0 Å². The Morgan fingerprint density at radius 1 is 1.00 bits per heavy atom. The van der Waals surface area contributed by atoms with Crippen LogP contribution in [0, 0.1) is 0 Å². The Morgan fingerprint density at radius 2 is 1.73 bits per heavy atom. The second kappa shape index (κ2) is 12.0. The number of amides is 1. The molecular formula is C27H34F2N8O3. The molecule has 40 heavy (non-hydrogen) atoms. The molecule has 13 heteroatoms. The molecule has 0 radical (unpaired) electrons. The number of anilines is 2. The highest BCUT2D eigenvalue weighted by molar-refractivity contribution is 5.78. The van der Waals surface area contributed by atoms with E-state index in [1.165, 1.54) is 4.57 Å². The number of para-hydroxylation sites is 2. The van der Waals surface area contributed by atoms with Crippen LogP contribution in [0.2, 0.25) is 0 Å². The number of nitrogens with one attached hydrogen (secondary N) is 1. The number of likely N-dealkylation sites (tertiary alicyclic amines) is 1. The van der Waals surface area contributed by atoms with Crippen LogP contribution in [-0.2, 0) is 14.3 Å². The van der Waals surface area contributed by atoms with Crippen molar-refractivity contribution in [2.75, 3.05) is 82.5 Å². The number of hydrogen-bond donors (Lipinski definition) is 1. The van der Waals surface area contributed by atoms with Crippen molar-refractivity contribution in [3.05, 3.63) is 36.2 Å². The normalized spacial score (nSPS) is 18.9. The fourth-order valence-electron chi connectivity index (χ4n) is 5.37. The van der Waals surface area contributed by atoms with E-state index < -0.39 is 6.43 Å². The third-order valence-electron chi connectivity index (χ3n) is 7.56. The molecule has 6 rings (SSSR count). The predicted octanol–water partition coefficient (Wildman–Crippen LogP) is 2.32. The fourth-order valence-corrected chi connectivity index (χ4v) is 5.37. The van der Waals surface area contributed by atoms with E-state index in [9.17, 15) is 13.6 Å². The summed E-state index contributed by atoms with van der Waals surface area (Å²) in [5.41, 5.74) is 1.02. The SMILES string of the molecule is O=C(CCCN1CCOCC1)N1CC(Nc2cc(-n3c(C(F)F)nc4ccccc43)nc(N3CCOCC3)n2)C1. The number of imidazole rings is 1. The van der Waals surface area contributed by atoms with Crippen molar-refractivity contribution < 1.29 is 23.0 Å². The molecule has 0 unspecified atom stereocenters. The van der Waals surface area contributed by atoms with Gasteiger partial charge in [-0.05, 0) is 25.1 Å². The third-order valence-corrected chi connectivity index (χ3v) is 7.56. The molecule has 3 saturated heterocycles. The number of morpholine rings is 2. The minimum atomic E-state index is -2.78. The number of benzene rings is 1. The minimum absolute atomic E-state index is 0.0117. The van der Waals surface area contributed by atoms with Crippen LogP contribution in [0.15, 0.2) is 30.3 Å². The smallest absolute Gasteiger partial charge is 0.296 e. The zero-order valence-corrected chi connectivity index (χ0v) is 22.3. The molecule has 1 amide bonds. The van der Waals surface area contributed by atoms with E-state index in [0.717, 1.165) is 39.3 Å². The van der Waals surface area contributed by atoms with E-state index in [1.54, 1.807) is 30.3 Å². The molecule has 214 valence electrons. The molecule has 1 aromatic carbocycles. The van der Waals surface area contributed by atoms with Crippen LogP contribution >= 0.6 is 0 Å². The molecule has 1 N–H and O–H groups in total. The summed E-state index contributed by atoms with van der Waals surface area (Å²) in [6.07, 6.45) is -1.43. The van der Waals surface area contributed by atoms with Crippen LogP contribution in [0.4, 0.5) is 20.5 Å². The Hall–Kier alpha value is -3.42. The van der Waals surface area contributed by atoms with Crippen molar-refractivity contribution in [3.63, 3.8) is 0 Å². The molecule has 0 spiro atoms. The van der Waals surface area contributed by atoms with E-state index in [1.807, 2.05) is 9.80 Å². The number of fused-ring (bicyclic) bond motifs is 1. The van der Waals surface area contributed by atoms with Gasteiger partial charge in [0, 0.05) is 51.8 Å². The lowest BCUT2D eigenvalue weighted by Gasteiger charge is -2.40. The minimum Gasteiger partial charge on any atom is -0.379 e. The second-order valence-corrected chi connectivity index (χ2v) is 10.3. The third kappa shape index (κ3) is 5.86. The van der Waals surface area contributed by atoms with Gasteiger partial charge in [0.15, 0.2) is 5.82 Å². The highest BCUT2D eigenvalue weighted by Gasteiger charge is 2.31. The summed E-state index contributed by atoms with van der Waals surface area (Å²) in [5.74, 6) is 1.07. The molecule has 3 aliphatic heterocycles. The summed E-state index contributed by atoms with van der Waals surface area (Å²) in [7, 11) is 0. The van der Waals surface area contributed by atoms with Gasteiger partial charge in [0.1, 0.15) is 11.6 Å². The summed E-state index contributed by atoms with van der Waals surface area (Å²) in [6.45, 7) is 7.68. The summed E-state index contributed by atoms with van der Waals surface area (Å²) in [5, 5.41) is 3.40. The molecule has 3 fully saturated rings. The Bertz CT molecular complexity index is 1320. The van der Waals surface area contributed by atoms with Crippen LogP contribution in [-0.4, -0.2) is 114 Å². The van der Waals surface area contributed by atoms with Crippen molar-refractivity contribution in [1.82, 2.24) is 29.3 Å². The number of carbonyl (C=O) groups excluding carboxylic acids is 1. The first kappa shape index (κ1) is 26.8. The maximum Gasteiger partial charge on any atom is 0.296 e. The fraction of sp³-hybridized carbons (Fsp3) is 0.556. The first-order chi connectivity index (χ1) is 19.5. The maximum atomic E-state index is 14.1. The number of carbonyl (C=O) groups is 1. The van der Waals surface area contributed by atoms with Gasteiger partial charge >= 0.3 is 0 Å². The number of rotatable bonds is 9. The average molecular weight is 557 g/mol. The molecular weight excluding hydrogens is 522 g/mol. The highest BCUT2D eigenvalue weighted by atomic mass is 19.3. The van der Waals surface area contributed by atoms with Gasteiger partial charge in [0.05, 0.1) is 43.5 Å². The average Bonchev–Trinajstić information content (AvgIpc) is 3.36. The van der Waals surface area contributed by atoms with Gasteiger partial charge in [-0.1, -0.05) is 12.1 Å². The van der Waals surface area contributed by atoms with Gasteiger partial charge in [-0.25, -0.2) is 13.8 Å². The zero-order valence-electron chi connectivity index (χ0n) is 22.3. The Labute approximate surface area is 231 Å². The molecule has 0 aliphatic carbocycles. The van der Waals surface area contributed by atoms with Crippen molar-refractivity contribution >= 4 is 28.7 Å². The highest BCUT2D eigenvalue weighted by Crippen LogP contribution is 2.29. The van der Waals surface area contributed by atoms with E-state index in [2.05, 4.69) is 15.2 Å². The van der Waals surface area contributed by atoms with Crippen LogP contribution in [0.5, 0.6) is 0 Å². The van der Waals surface area contributed by atoms with Gasteiger partial charge in [-0.2, -0.15) is 9.97 Å². The van der Waals surface area contributed by atoms with Crippen LogP contribution < -0.4 is 10.2 Å². The Kier molecular flexibility index (Phi) is 8.03. The van der Waals surface area contributed by atoms with E-state index >= 15 is 0 Å². The molecule has 0 bridgehead atoms. The number of halogens is 2. The quantitative estimate of drug-likeness (QED) is 0.426. The topological polar surface area (TPSA) is 101 Å². The van der Waals surface area contributed by atoms with Crippen molar-refractivity contribution in [2.45, 2.75) is 25.3 Å². The van der Waals surface area contributed by atoms with E-state index in [0.29, 0.717) is 74.4 Å². The molecule has 11 nitrogen and oxygen atoms in total. The number of ether oxygens (including phenoxy) is 2. The van der Waals surface area contributed by atoms with Gasteiger partial charge < -0.3 is 24.6 Å². The van der Waals surface area contributed by atoms with Crippen molar-refractivity contribution in [3.8, 4) is 5.82 Å². The van der Waals surface area contributed by atoms with Gasteiger partial charge in [0.2, 0.25) is 11.9 Å². The second-order valence-electron chi connectivity index (χ2n) is 10.3. The monoisotopic (exact) mass is 556 g/mol. The maximum absolute atomic E-state index is 14.1. The molecule has 3 aliphatic rings. The van der Waals surface area contributed by atoms with Crippen molar-refractivity contribution in [2.24, 2.45) is 0 Å². The Balaban J connectivity index is 1.17. The van der Waals surface area contributed by atoms with Gasteiger partial charge in [-0.15, -0.1) is 0 Å². The lowest BCUT2D eigenvalue weighted by atomic mass is 10.1. The first-order valence-corrected chi connectivity index (χ1v) is 13.9. The summed E-state index contributed by atoms with van der Waals surface area (Å²) >= 11 is 0. The molecule has 0 atom stereocenters. The lowest BCUT2D eigenvalue weighted by molar-refractivity contribution is -0.135. The van der Waals surface area contributed by atoms with Crippen LogP contribution in [0.25, 0.3) is 16.9 Å². The molecule has 2 aromatic heterocycles. The van der Waals surface area contributed by atoms with E-state index in [4.69, 9.17) is 19.4 Å². The zero-order chi connectivity index (χ0) is 27.5. The number of nitrogens with zero attached hydrogens (tertiary/aromatic N) is 7. The number of alkyl halides is 2. The lowest BCUT2D eigenvalue weighted by Crippen LogP contribution is -2.57. The van der Waals surface area contributed by atoms with E-state index in [-0.39, 0.29) is 17.8 Å². The summed E-state index contributed by atoms with van der Waals surface area (Å²) in [6, 6.07) is 8.72. The Morgan fingerprint density at radius 3 is 2.48 bits per heavy atom. The number of aromatic nitrogens is 4. The standard InChI is InChI=1S/C27H34F2N8O3/c28-25(29)26-31-20-4-1-2-5-21(20)37(26)23-16-22(32-27(33-23)35-10-14-40-15-11-35)30-19-17-36(18-19)24(38)6-3-7-34-8-12-39-13-9-34/h1-2,4-5,16,19,25H,3,6-15,17-18H2,(H,30,32,33). The summed E-state index contributed by atoms with van der Waals surface area (Å²) < 4.78 is 40.4. The first-order valence-electron chi connectivity index (χ1n) is 13.9. The molecule has 3 aromatic rings. The molecule has 5 heterocycles. The van der Waals surface area contributed by atoms with Gasteiger partial charge in [-0.3, -0.25) is 14.3 Å². The van der Waals surface area contributed by atoms with Gasteiger partial charge in [0.25, 0.3) is 6.43 Å².